The topological polar surface area (TPSA) is 240 Å². The van der Waals surface area contributed by atoms with E-state index < -0.39 is 66.4 Å². The van der Waals surface area contributed by atoms with Gasteiger partial charge in [0.1, 0.15) is 18.1 Å². The first-order valence-electron chi connectivity index (χ1n) is 13.8. The van der Waals surface area contributed by atoms with Gasteiger partial charge in [0, 0.05) is 47.0 Å². The number of carbonyl (C=O) groups is 5. The standard InChI is InChI=1S/C30H34N6O8/c1-15(37)26(36-27(40)20(31)12-25(38)39)29(42)34-23(10-16-13-32-21-8-4-2-6-18(16)21)28(41)35-24(30(43)44)11-17-14-33-22-9-5-3-7-19(17)22/h2-9,13-15,20,23-24,26,32-33,37H,10-12,31H2,1H3,(H,34,42)(H,35,41)(H,36,40)(H,38,39)(H,43,44). The van der Waals surface area contributed by atoms with Crippen molar-refractivity contribution in [2.75, 3.05) is 0 Å². The van der Waals surface area contributed by atoms with Gasteiger partial charge in [-0.15, -0.1) is 0 Å². The largest absolute Gasteiger partial charge is 0.481 e. The number of aliphatic carboxylic acids is 2. The first kappa shape index (κ1) is 31.7. The molecule has 3 amide bonds. The number of nitrogens with two attached hydrogens (primary N) is 1. The van der Waals surface area contributed by atoms with Crippen LogP contribution in [-0.4, -0.2) is 85.2 Å². The summed E-state index contributed by atoms with van der Waals surface area (Å²) in [5.41, 5.74) is 8.49. The van der Waals surface area contributed by atoms with E-state index in [0.717, 1.165) is 21.8 Å². The lowest BCUT2D eigenvalue weighted by Crippen LogP contribution is -2.60. The summed E-state index contributed by atoms with van der Waals surface area (Å²) in [5.74, 6) is -5.38. The molecule has 14 nitrogen and oxygen atoms in total. The second-order valence-electron chi connectivity index (χ2n) is 10.5. The zero-order chi connectivity index (χ0) is 32.0. The van der Waals surface area contributed by atoms with Crippen molar-refractivity contribution in [1.29, 1.82) is 0 Å². The molecule has 0 saturated carbocycles. The third-order valence-corrected chi connectivity index (χ3v) is 7.24. The Hall–Kier alpha value is -5.21. The highest BCUT2D eigenvalue weighted by Crippen LogP contribution is 2.21. The fraction of sp³-hybridized carbons (Fsp3) is 0.300. The summed E-state index contributed by atoms with van der Waals surface area (Å²) in [5, 5.41) is 38.0. The van der Waals surface area contributed by atoms with E-state index in [0.29, 0.717) is 11.1 Å². The summed E-state index contributed by atoms with van der Waals surface area (Å²) >= 11 is 0. The van der Waals surface area contributed by atoms with E-state index in [1.807, 2.05) is 42.5 Å². The van der Waals surface area contributed by atoms with Gasteiger partial charge in [-0.1, -0.05) is 36.4 Å². The highest BCUT2D eigenvalue weighted by molar-refractivity contribution is 5.96. The third-order valence-electron chi connectivity index (χ3n) is 7.24. The van der Waals surface area contributed by atoms with Gasteiger partial charge >= 0.3 is 11.9 Å². The Balaban J connectivity index is 1.58. The molecule has 0 aliphatic rings. The second kappa shape index (κ2) is 13.8. The number of hydrogen-bond acceptors (Lipinski definition) is 7. The number of nitrogens with one attached hydrogen (secondary N) is 5. The maximum atomic E-state index is 13.6. The van der Waals surface area contributed by atoms with Crippen LogP contribution in [0.1, 0.15) is 24.5 Å². The van der Waals surface area contributed by atoms with Gasteiger partial charge < -0.3 is 47.0 Å². The molecule has 232 valence electrons. The normalized spacial score (nSPS) is 14.7. The molecule has 4 rings (SSSR count). The molecule has 0 radical (unpaired) electrons. The molecule has 4 aromatic rings. The lowest BCUT2D eigenvalue weighted by atomic mass is 10.0. The van der Waals surface area contributed by atoms with Crippen molar-refractivity contribution >= 4 is 51.5 Å². The third kappa shape index (κ3) is 7.59. The van der Waals surface area contributed by atoms with Crippen LogP contribution in [0.2, 0.25) is 0 Å². The predicted molar refractivity (Wildman–Crippen MR) is 159 cm³/mol. The van der Waals surface area contributed by atoms with Crippen LogP contribution in [0.3, 0.4) is 0 Å². The molecule has 0 aliphatic carbocycles. The lowest BCUT2D eigenvalue weighted by Gasteiger charge is -2.26. The van der Waals surface area contributed by atoms with E-state index in [-0.39, 0.29) is 12.8 Å². The summed E-state index contributed by atoms with van der Waals surface area (Å²) in [6, 6.07) is 8.80. The van der Waals surface area contributed by atoms with Gasteiger partial charge in [-0.3, -0.25) is 19.2 Å². The van der Waals surface area contributed by atoms with E-state index in [4.69, 9.17) is 10.8 Å². The summed E-state index contributed by atoms with van der Waals surface area (Å²) in [7, 11) is 0. The number of aromatic amines is 2. The molecule has 0 spiro atoms. The number of carboxylic acid groups (broad SMARTS) is 2. The first-order valence-corrected chi connectivity index (χ1v) is 13.8. The number of H-pyrrole nitrogens is 2. The number of para-hydroxylation sites is 2. The maximum Gasteiger partial charge on any atom is 0.326 e. The van der Waals surface area contributed by atoms with Crippen molar-refractivity contribution in [3.63, 3.8) is 0 Å². The number of carbonyl (C=O) groups excluding carboxylic acids is 3. The molecule has 44 heavy (non-hydrogen) atoms. The Kier molecular flexibility index (Phi) is 9.98. The second-order valence-corrected chi connectivity index (χ2v) is 10.5. The molecule has 2 heterocycles. The van der Waals surface area contributed by atoms with Gasteiger partial charge in [0.05, 0.1) is 18.6 Å². The van der Waals surface area contributed by atoms with Crippen LogP contribution in [0, 0.1) is 0 Å². The number of aliphatic hydroxyl groups is 1. The minimum absolute atomic E-state index is 0.0489. The van der Waals surface area contributed by atoms with Gasteiger partial charge in [-0.25, -0.2) is 4.79 Å². The van der Waals surface area contributed by atoms with Crippen LogP contribution in [-0.2, 0) is 36.8 Å². The van der Waals surface area contributed by atoms with Crippen molar-refractivity contribution in [3.05, 3.63) is 72.1 Å². The molecule has 0 saturated heterocycles. The molecule has 0 bridgehead atoms. The highest BCUT2D eigenvalue weighted by atomic mass is 16.4. The average Bonchev–Trinajstić information content (AvgIpc) is 3.58. The van der Waals surface area contributed by atoms with Gasteiger partial charge in [-0.05, 0) is 30.2 Å². The monoisotopic (exact) mass is 606 g/mol. The number of amides is 3. The number of fused-ring (bicyclic) bond motifs is 2. The SMILES string of the molecule is CC(O)C(NC(=O)C(N)CC(=O)O)C(=O)NC(Cc1c[nH]c2ccccc12)C(=O)NC(Cc1c[nH]c2ccccc12)C(=O)O. The van der Waals surface area contributed by atoms with Crippen LogP contribution in [0.25, 0.3) is 21.8 Å². The number of aromatic nitrogens is 2. The summed E-state index contributed by atoms with van der Waals surface area (Å²) in [6.45, 7) is 1.23. The minimum Gasteiger partial charge on any atom is -0.481 e. The smallest absolute Gasteiger partial charge is 0.326 e. The van der Waals surface area contributed by atoms with Crippen molar-refractivity contribution in [2.45, 2.75) is 56.5 Å². The van der Waals surface area contributed by atoms with Crippen LogP contribution < -0.4 is 21.7 Å². The van der Waals surface area contributed by atoms with E-state index in [1.165, 1.54) is 6.92 Å². The number of rotatable bonds is 14. The maximum absolute atomic E-state index is 13.6. The number of aliphatic hydroxyl groups excluding tert-OH is 1. The fourth-order valence-corrected chi connectivity index (χ4v) is 4.93. The molecule has 14 heteroatoms. The first-order chi connectivity index (χ1) is 20.9. The quantitative estimate of drug-likeness (QED) is 0.0948. The molecule has 0 fully saturated rings. The van der Waals surface area contributed by atoms with Crippen molar-refractivity contribution < 1.29 is 39.3 Å². The highest BCUT2D eigenvalue weighted by Gasteiger charge is 2.33. The van der Waals surface area contributed by atoms with Crippen molar-refractivity contribution in [1.82, 2.24) is 25.9 Å². The molecular weight excluding hydrogens is 572 g/mol. The van der Waals surface area contributed by atoms with Crippen LogP contribution in [0.15, 0.2) is 60.9 Å². The van der Waals surface area contributed by atoms with Crippen LogP contribution >= 0.6 is 0 Å². The van der Waals surface area contributed by atoms with Crippen LogP contribution in [0.5, 0.6) is 0 Å². The van der Waals surface area contributed by atoms with Gasteiger partial charge in [0.25, 0.3) is 0 Å². The van der Waals surface area contributed by atoms with Gasteiger partial charge in [0.2, 0.25) is 17.7 Å². The predicted octanol–water partition coefficient (Wildman–Crippen LogP) is 0.156. The van der Waals surface area contributed by atoms with Gasteiger partial charge in [-0.2, -0.15) is 0 Å². The van der Waals surface area contributed by atoms with Crippen LogP contribution in [0.4, 0.5) is 0 Å². The number of carboxylic acids is 2. The Morgan fingerprint density at radius 1 is 0.750 bits per heavy atom. The zero-order valence-electron chi connectivity index (χ0n) is 23.7. The Morgan fingerprint density at radius 3 is 1.75 bits per heavy atom. The molecule has 2 aromatic carbocycles. The fourth-order valence-electron chi connectivity index (χ4n) is 4.93. The van der Waals surface area contributed by atoms with E-state index in [1.54, 1.807) is 18.5 Å². The van der Waals surface area contributed by atoms with E-state index in [2.05, 4.69) is 25.9 Å². The Labute approximate surface area is 251 Å². The molecule has 0 aliphatic heterocycles. The molecule has 5 unspecified atom stereocenters. The Bertz CT molecular complexity index is 1680. The number of hydrogen-bond donors (Lipinski definition) is 9. The molecule has 2 aromatic heterocycles. The molecule has 10 N–H and O–H groups in total. The zero-order valence-corrected chi connectivity index (χ0v) is 23.7. The Morgan fingerprint density at radius 2 is 1.25 bits per heavy atom. The van der Waals surface area contributed by atoms with E-state index >= 15 is 0 Å². The van der Waals surface area contributed by atoms with Crippen molar-refractivity contribution in [2.24, 2.45) is 5.73 Å². The van der Waals surface area contributed by atoms with E-state index in [9.17, 15) is 34.2 Å². The lowest BCUT2D eigenvalue weighted by molar-refractivity contribution is -0.142. The summed E-state index contributed by atoms with van der Waals surface area (Å²) < 4.78 is 0. The van der Waals surface area contributed by atoms with Gasteiger partial charge in [0.15, 0.2) is 0 Å². The average molecular weight is 607 g/mol. The number of benzene rings is 2. The minimum atomic E-state index is -1.60. The summed E-state index contributed by atoms with van der Waals surface area (Å²) in [6.07, 6.45) is 1.05. The van der Waals surface area contributed by atoms with Crippen molar-refractivity contribution in [3.8, 4) is 0 Å². The molecule has 5 atom stereocenters. The summed E-state index contributed by atoms with van der Waals surface area (Å²) in [4.78, 5) is 68.8. The molecular formula is C30H34N6O8.